The van der Waals surface area contributed by atoms with E-state index in [4.69, 9.17) is 19.4 Å². The number of benzene rings is 1. The lowest BCUT2D eigenvalue weighted by molar-refractivity contribution is -0.141. The Morgan fingerprint density at radius 1 is 1.00 bits per heavy atom. The highest BCUT2D eigenvalue weighted by atomic mass is 32.2. The highest BCUT2D eigenvalue weighted by Crippen LogP contribution is 2.52. The zero-order chi connectivity index (χ0) is 43.7. The Hall–Kier alpha value is -4.51. The smallest absolute Gasteiger partial charge is 0.408 e. The molecular formula is C45H59N7O8S2. The van der Waals surface area contributed by atoms with E-state index in [2.05, 4.69) is 34.6 Å². The maximum absolute atomic E-state index is 14.8. The summed E-state index contributed by atoms with van der Waals surface area (Å²) in [7, 11) is -4.00. The van der Waals surface area contributed by atoms with Crippen LogP contribution in [0.25, 0.3) is 21.6 Å². The molecule has 62 heavy (non-hydrogen) atoms. The standard InChI is InChI=1S/C45H59N7O8S2/c1-25(2)34-24-61-39(46-34)32-13-11-15-35-37(32)48-42(52(35)26(3)4)59-31-21-36-38(53)49-45(41(55)50-62(57,58)44(5)16-17-44)22-29(45)12-9-7-6-8-10-14-33(40(54)51(36)23-31)47-43(56)60-30-19-27-18-28(27)20-30/h9,11-13,15,24-31,33,36H,6-8,10,14,16-23H2,1-5H3,(H,47,56)(H,49,53)(H,50,55)/b12-9-/t27-,28+,29-,30?,31-,33+,36+,45-/m1/s1. The van der Waals surface area contributed by atoms with Gasteiger partial charge in [-0.1, -0.05) is 44.9 Å². The van der Waals surface area contributed by atoms with Crippen molar-refractivity contribution < 1.29 is 37.1 Å². The van der Waals surface area contributed by atoms with E-state index in [0.717, 1.165) is 53.0 Å². The highest BCUT2D eigenvalue weighted by Gasteiger charge is 2.63. The molecular weight excluding hydrogens is 831 g/mol. The van der Waals surface area contributed by atoms with Gasteiger partial charge in [0.1, 0.15) is 40.4 Å². The number of amides is 4. The molecule has 0 radical (unpaired) electrons. The minimum atomic E-state index is -4.00. The third-order valence-corrected chi connectivity index (χ3v) is 17.1. The van der Waals surface area contributed by atoms with Crippen LogP contribution in [-0.2, 0) is 29.1 Å². The number of aromatic nitrogens is 3. The van der Waals surface area contributed by atoms with E-state index in [1.165, 1.54) is 11.3 Å². The lowest BCUT2D eigenvalue weighted by Crippen LogP contribution is -2.58. The van der Waals surface area contributed by atoms with E-state index in [9.17, 15) is 27.6 Å². The fourth-order valence-electron chi connectivity index (χ4n) is 9.70. The molecule has 1 saturated heterocycles. The summed E-state index contributed by atoms with van der Waals surface area (Å²) in [6.07, 6.45) is 9.63. The summed E-state index contributed by atoms with van der Waals surface area (Å²) >= 11 is 1.56. The third kappa shape index (κ3) is 8.23. The van der Waals surface area contributed by atoms with Gasteiger partial charge in [-0.15, -0.1) is 11.3 Å². The van der Waals surface area contributed by atoms with Crippen LogP contribution in [0.3, 0.4) is 0 Å². The summed E-state index contributed by atoms with van der Waals surface area (Å²) in [5, 5.41) is 8.74. The molecule has 3 aromatic rings. The second-order valence-corrected chi connectivity index (χ2v) is 22.5. The number of thiazole rings is 1. The molecule has 334 valence electrons. The summed E-state index contributed by atoms with van der Waals surface area (Å²) in [6, 6.07) is 4.15. The van der Waals surface area contributed by atoms with Crippen LogP contribution < -0.4 is 20.1 Å². The second kappa shape index (κ2) is 16.2. The molecule has 17 heteroatoms. The molecule has 2 aromatic heterocycles. The molecule has 3 N–H and O–H groups in total. The van der Waals surface area contributed by atoms with Gasteiger partial charge in [-0.2, -0.15) is 4.98 Å². The van der Waals surface area contributed by atoms with E-state index in [1.807, 2.05) is 48.8 Å². The summed E-state index contributed by atoms with van der Waals surface area (Å²) in [5.41, 5.74) is 1.94. The number of hydrogen-bond donors (Lipinski definition) is 3. The van der Waals surface area contributed by atoms with E-state index >= 15 is 0 Å². The number of rotatable bonds is 10. The molecule has 4 heterocycles. The molecule has 0 bridgehead atoms. The summed E-state index contributed by atoms with van der Waals surface area (Å²) in [4.78, 5) is 68.4. The number of hydrogen-bond acceptors (Lipinski definition) is 11. The number of carbonyl (C=O) groups excluding carboxylic acids is 4. The Morgan fingerprint density at radius 2 is 1.77 bits per heavy atom. The van der Waals surface area contributed by atoms with Gasteiger partial charge in [0.15, 0.2) is 0 Å². The van der Waals surface area contributed by atoms with Crippen molar-refractivity contribution in [2.45, 2.75) is 158 Å². The number of nitrogens with one attached hydrogen (secondary N) is 3. The average molecular weight is 890 g/mol. The van der Waals surface area contributed by atoms with Crippen molar-refractivity contribution in [1.29, 1.82) is 0 Å². The van der Waals surface area contributed by atoms with Gasteiger partial charge in [0.25, 0.3) is 11.9 Å². The number of allylic oxidation sites excluding steroid dienone is 1. The number of imidazole rings is 1. The molecule has 4 saturated carbocycles. The van der Waals surface area contributed by atoms with E-state index in [1.54, 1.807) is 18.3 Å². The quantitative estimate of drug-likeness (QED) is 0.190. The van der Waals surface area contributed by atoms with Crippen molar-refractivity contribution in [1.82, 2.24) is 34.8 Å². The van der Waals surface area contributed by atoms with Crippen LogP contribution in [0.15, 0.2) is 35.7 Å². The Kier molecular flexibility index (Phi) is 11.2. The number of fused-ring (bicyclic) bond motifs is 4. The normalized spacial score (nSPS) is 31.0. The zero-order valence-electron chi connectivity index (χ0n) is 36.2. The van der Waals surface area contributed by atoms with E-state index < -0.39 is 68.2 Å². The SMILES string of the molecule is CC(C)c1csc(-c2cccc3c2nc(O[C@@H]2C[C@H]4C(=O)N[C@]5(C(=O)NS(=O)(=O)C6(C)CC6)C[C@H]5/C=C\CCCCC[C@H](NC(=O)OC5C[C@@H]6C[C@@H]6C5)C(=O)N4C2)n3C(C)C)n1. The van der Waals surface area contributed by atoms with E-state index in [0.29, 0.717) is 50.0 Å². The number of para-hydroxylation sites is 1. The predicted molar refractivity (Wildman–Crippen MR) is 234 cm³/mol. The van der Waals surface area contributed by atoms with Gasteiger partial charge in [0, 0.05) is 29.3 Å². The van der Waals surface area contributed by atoms with Gasteiger partial charge < -0.3 is 25.0 Å². The molecule has 8 atom stereocenters. The number of nitrogens with zero attached hydrogens (tertiary/aromatic N) is 4. The summed E-state index contributed by atoms with van der Waals surface area (Å²) < 4.78 is 42.4. The van der Waals surface area contributed by atoms with Crippen molar-refractivity contribution in [3.8, 4) is 16.6 Å². The first-order chi connectivity index (χ1) is 29.6. The number of sulfonamides is 1. The lowest BCUT2D eigenvalue weighted by Gasteiger charge is -2.30. The Morgan fingerprint density at radius 3 is 2.48 bits per heavy atom. The largest absolute Gasteiger partial charge is 0.459 e. The van der Waals surface area contributed by atoms with Gasteiger partial charge in [0.05, 0.1) is 22.5 Å². The van der Waals surface area contributed by atoms with Crippen molar-refractivity contribution in [2.24, 2.45) is 17.8 Å². The fourth-order valence-corrected chi connectivity index (χ4v) is 12.0. The average Bonchev–Trinajstić information content (AvgIpc) is 4.07. The van der Waals surface area contributed by atoms with Crippen LogP contribution in [0.1, 0.15) is 129 Å². The summed E-state index contributed by atoms with van der Waals surface area (Å²) in [5.74, 6) is -0.780. The van der Waals surface area contributed by atoms with Crippen molar-refractivity contribution >= 4 is 56.2 Å². The van der Waals surface area contributed by atoms with E-state index in [-0.39, 0.29) is 37.5 Å². The number of alkyl carbamates (subject to hydrolysis) is 1. The Balaban J connectivity index is 1.02. The van der Waals surface area contributed by atoms with Crippen LogP contribution in [0.5, 0.6) is 6.01 Å². The van der Waals surface area contributed by atoms with Gasteiger partial charge in [-0.3, -0.25) is 23.7 Å². The molecule has 15 nitrogen and oxygen atoms in total. The molecule has 5 fully saturated rings. The van der Waals surface area contributed by atoms with Gasteiger partial charge >= 0.3 is 6.09 Å². The Bertz CT molecular complexity index is 2400. The van der Waals surface area contributed by atoms with Crippen LogP contribution in [0, 0.1) is 17.8 Å². The first-order valence-corrected chi connectivity index (χ1v) is 24.9. The maximum atomic E-state index is 14.8. The molecule has 1 aromatic carbocycles. The van der Waals surface area contributed by atoms with Crippen LogP contribution >= 0.6 is 11.3 Å². The van der Waals surface area contributed by atoms with Gasteiger partial charge in [-0.05, 0) is 108 Å². The molecule has 6 aliphatic rings. The van der Waals surface area contributed by atoms with Crippen molar-refractivity contribution in [2.75, 3.05) is 6.54 Å². The molecule has 4 amide bonds. The summed E-state index contributed by atoms with van der Waals surface area (Å²) in [6.45, 7) is 9.90. The monoisotopic (exact) mass is 889 g/mol. The van der Waals surface area contributed by atoms with Gasteiger partial charge in [0.2, 0.25) is 21.8 Å². The predicted octanol–water partition coefficient (Wildman–Crippen LogP) is 6.50. The minimum absolute atomic E-state index is 0.00375. The third-order valence-electron chi connectivity index (χ3n) is 14.1. The Labute approximate surface area is 367 Å². The van der Waals surface area contributed by atoms with Crippen LogP contribution in [-0.4, -0.2) is 92.8 Å². The molecule has 4 aliphatic carbocycles. The molecule has 1 unspecified atom stereocenters. The molecule has 0 spiro atoms. The van der Waals surface area contributed by atoms with Crippen molar-refractivity contribution in [3.05, 3.63) is 41.4 Å². The lowest BCUT2D eigenvalue weighted by atomic mass is 10.0. The number of ether oxygens (including phenoxy) is 2. The molecule has 2 aliphatic heterocycles. The fraction of sp³-hybridized carbons (Fsp3) is 0.644. The molecule has 9 rings (SSSR count). The minimum Gasteiger partial charge on any atom is -0.459 e. The van der Waals surface area contributed by atoms with Crippen LogP contribution in [0.4, 0.5) is 4.79 Å². The topological polar surface area (TPSA) is 191 Å². The van der Waals surface area contributed by atoms with Crippen LogP contribution in [0.2, 0.25) is 0 Å². The maximum Gasteiger partial charge on any atom is 0.408 e. The highest BCUT2D eigenvalue weighted by molar-refractivity contribution is 7.91. The van der Waals surface area contributed by atoms with Gasteiger partial charge in [-0.25, -0.2) is 18.2 Å². The first-order valence-electron chi connectivity index (χ1n) is 22.5. The number of carbonyl (C=O) groups is 4. The zero-order valence-corrected chi connectivity index (χ0v) is 37.9. The second-order valence-electron chi connectivity index (χ2n) is 19.4. The first kappa shape index (κ1) is 42.8. The van der Waals surface area contributed by atoms with Crippen molar-refractivity contribution in [3.63, 3.8) is 0 Å².